The Balaban J connectivity index is 2.06. The second kappa shape index (κ2) is 11.7. The molecule has 0 aliphatic rings. The fourth-order valence-corrected chi connectivity index (χ4v) is 4.24. The lowest BCUT2D eigenvalue weighted by Gasteiger charge is -2.30. The average molecular weight is 516 g/mol. The maximum Gasteiger partial charge on any atom is 0.267 e. The lowest BCUT2D eigenvalue weighted by atomic mass is 9.98. The number of hydrogen-bond acceptors (Lipinski definition) is 9. The summed E-state index contributed by atoms with van der Waals surface area (Å²) in [5, 5.41) is 63.6. The van der Waals surface area contributed by atoms with E-state index in [-0.39, 0.29) is 17.6 Å². The van der Waals surface area contributed by atoms with Crippen LogP contribution in [-0.4, -0.2) is 84.7 Å². The number of pyridine rings is 1. The molecular formula is C26H33N3O8. The molecule has 5 unspecified atom stereocenters. The molecule has 7 N–H and O–H groups in total. The monoisotopic (exact) mass is 515 g/mol. The second-order valence-corrected chi connectivity index (χ2v) is 8.83. The van der Waals surface area contributed by atoms with Gasteiger partial charge in [0.05, 0.1) is 23.6 Å². The summed E-state index contributed by atoms with van der Waals surface area (Å²) in [6.45, 7) is 2.67. The van der Waals surface area contributed by atoms with Crippen LogP contribution in [0.15, 0.2) is 53.3 Å². The highest BCUT2D eigenvalue weighted by Gasteiger charge is 2.34. The van der Waals surface area contributed by atoms with E-state index in [2.05, 4.69) is 5.32 Å². The largest absolute Gasteiger partial charge is 0.506 e. The summed E-state index contributed by atoms with van der Waals surface area (Å²) in [5.41, 5.74) is -0.00344. The molecule has 0 radical (unpaired) electrons. The van der Waals surface area contributed by atoms with Gasteiger partial charge in [0.2, 0.25) is 0 Å². The van der Waals surface area contributed by atoms with Gasteiger partial charge in [-0.1, -0.05) is 24.3 Å². The Hall–Kier alpha value is -3.48. The molecule has 37 heavy (non-hydrogen) atoms. The van der Waals surface area contributed by atoms with E-state index >= 15 is 0 Å². The standard InChI is InChI=1S/C26H33N3O8/c1-4-29(15-9-6-5-7-10-15)26(37)20-23(34)19-16(11-8-12-17(19)28(3)25(20)36)27-14(2)21(32)24(35)22(33)18(31)13-30/h5-12,14,18,21-22,24,27,30-35H,4,13H2,1-3H3. The van der Waals surface area contributed by atoms with Crippen LogP contribution < -0.4 is 15.8 Å². The fourth-order valence-electron chi connectivity index (χ4n) is 4.24. The van der Waals surface area contributed by atoms with Gasteiger partial charge in [0.15, 0.2) is 0 Å². The summed E-state index contributed by atoms with van der Waals surface area (Å²) >= 11 is 0. The van der Waals surface area contributed by atoms with Gasteiger partial charge in [-0.2, -0.15) is 0 Å². The first kappa shape index (κ1) is 28.1. The fraction of sp³-hybridized carbons (Fsp3) is 0.385. The number of nitrogens with zero attached hydrogens (tertiary/aromatic N) is 2. The van der Waals surface area contributed by atoms with Crippen LogP contribution in [0.3, 0.4) is 0 Å². The predicted molar refractivity (Wildman–Crippen MR) is 139 cm³/mol. The van der Waals surface area contributed by atoms with Crippen molar-refractivity contribution in [3.63, 3.8) is 0 Å². The Morgan fingerprint density at radius 1 is 1.00 bits per heavy atom. The van der Waals surface area contributed by atoms with Crippen LogP contribution in [0.4, 0.5) is 11.4 Å². The SMILES string of the molecule is CCN(C(=O)c1c(O)c2c(NC(C)C(O)C(O)C(O)C(O)CO)cccc2n(C)c1=O)c1ccccc1. The Morgan fingerprint density at radius 2 is 1.65 bits per heavy atom. The van der Waals surface area contributed by atoms with E-state index in [1.54, 1.807) is 55.5 Å². The maximum absolute atomic E-state index is 13.5. The summed E-state index contributed by atoms with van der Waals surface area (Å²) in [7, 11) is 1.47. The maximum atomic E-state index is 13.5. The van der Waals surface area contributed by atoms with E-state index in [0.29, 0.717) is 11.2 Å². The summed E-state index contributed by atoms with van der Waals surface area (Å²) in [6, 6.07) is 12.5. The van der Waals surface area contributed by atoms with Gasteiger partial charge < -0.3 is 45.4 Å². The number of para-hydroxylation sites is 1. The molecule has 5 atom stereocenters. The Labute approximate surface area is 213 Å². The van der Waals surface area contributed by atoms with E-state index in [1.165, 1.54) is 23.4 Å². The van der Waals surface area contributed by atoms with Crippen molar-refractivity contribution in [2.75, 3.05) is 23.4 Å². The third-order valence-electron chi connectivity index (χ3n) is 6.42. The first-order valence-electron chi connectivity index (χ1n) is 11.9. The number of aliphatic hydroxyl groups is 5. The number of aliphatic hydroxyl groups excluding tert-OH is 5. The summed E-state index contributed by atoms with van der Waals surface area (Å²) in [5.74, 6) is -1.23. The van der Waals surface area contributed by atoms with Crippen molar-refractivity contribution in [1.82, 2.24) is 4.57 Å². The van der Waals surface area contributed by atoms with Crippen molar-refractivity contribution in [2.45, 2.75) is 44.3 Å². The molecule has 0 spiro atoms. The van der Waals surface area contributed by atoms with Crippen LogP contribution in [0, 0.1) is 0 Å². The van der Waals surface area contributed by atoms with Crippen molar-refractivity contribution in [2.24, 2.45) is 7.05 Å². The lowest BCUT2D eigenvalue weighted by molar-refractivity contribution is -0.117. The highest BCUT2D eigenvalue weighted by atomic mass is 16.4. The summed E-state index contributed by atoms with van der Waals surface area (Å²) in [6.07, 6.45) is -6.88. The number of fused-ring (bicyclic) bond motifs is 1. The number of carbonyl (C=O) groups is 1. The molecule has 0 aliphatic carbocycles. The van der Waals surface area contributed by atoms with Gasteiger partial charge >= 0.3 is 0 Å². The average Bonchev–Trinajstić information content (AvgIpc) is 2.91. The van der Waals surface area contributed by atoms with Crippen LogP contribution in [0.2, 0.25) is 0 Å². The molecule has 3 aromatic rings. The number of aromatic hydroxyl groups is 1. The van der Waals surface area contributed by atoms with Crippen molar-refractivity contribution in [3.05, 3.63) is 64.4 Å². The van der Waals surface area contributed by atoms with Crippen molar-refractivity contribution in [1.29, 1.82) is 0 Å². The minimum absolute atomic E-state index is 0.140. The molecule has 0 aliphatic heterocycles. The van der Waals surface area contributed by atoms with Crippen LogP contribution in [0.1, 0.15) is 24.2 Å². The Bertz CT molecular complexity index is 1300. The number of carbonyl (C=O) groups excluding carboxylic acids is 1. The second-order valence-electron chi connectivity index (χ2n) is 8.83. The van der Waals surface area contributed by atoms with Gasteiger partial charge in [-0.05, 0) is 38.1 Å². The number of rotatable bonds is 10. The Kier molecular flexibility index (Phi) is 8.89. The number of hydrogen-bond donors (Lipinski definition) is 7. The van der Waals surface area contributed by atoms with E-state index in [9.17, 15) is 35.1 Å². The molecule has 0 fully saturated rings. The van der Waals surface area contributed by atoms with Crippen LogP contribution in [-0.2, 0) is 7.05 Å². The van der Waals surface area contributed by atoms with Gasteiger partial charge in [0, 0.05) is 25.0 Å². The molecule has 0 saturated heterocycles. The third-order valence-corrected chi connectivity index (χ3v) is 6.42. The lowest BCUT2D eigenvalue weighted by Crippen LogP contribution is -2.51. The quantitative estimate of drug-likeness (QED) is 0.198. The molecule has 1 aromatic heterocycles. The molecule has 11 nitrogen and oxygen atoms in total. The highest BCUT2D eigenvalue weighted by molar-refractivity contribution is 6.12. The van der Waals surface area contributed by atoms with Crippen molar-refractivity contribution in [3.8, 4) is 5.75 Å². The van der Waals surface area contributed by atoms with E-state index < -0.39 is 59.8 Å². The van der Waals surface area contributed by atoms with Gasteiger partial charge in [-0.15, -0.1) is 0 Å². The van der Waals surface area contributed by atoms with Gasteiger partial charge in [0.25, 0.3) is 11.5 Å². The van der Waals surface area contributed by atoms with Crippen LogP contribution in [0.25, 0.3) is 10.9 Å². The molecule has 200 valence electrons. The minimum Gasteiger partial charge on any atom is -0.506 e. The zero-order valence-electron chi connectivity index (χ0n) is 20.8. The third kappa shape index (κ3) is 5.45. The van der Waals surface area contributed by atoms with E-state index in [1.807, 2.05) is 0 Å². The first-order chi connectivity index (χ1) is 17.5. The molecule has 2 aromatic carbocycles. The smallest absolute Gasteiger partial charge is 0.267 e. The molecule has 0 bridgehead atoms. The number of anilines is 2. The van der Waals surface area contributed by atoms with Gasteiger partial charge in [-0.25, -0.2) is 0 Å². The summed E-state index contributed by atoms with van der Waals surface area (Å²) < 4.78 is 1.24. The number of aryl methyl sites for hydroxylation is 1. The van der Waals surface area contributed by atoms with Gasteiger partial charge in [-0.3, -0.25) is 9.59 Å². The molecule has 0 saturated carbocycles. The predicted octanol–water partition coefficient (Wildman–Crippen LogP) is 0.147. The zero-order valence-corrected chi connectivity index (χ0v) is 20.8. The minimum atomic E-state index is -1.81. The van der Waals surface area contributed by atoms with Crippen LogP contribution in [0.5, 0.6) is 5.75 Å². The molecular weight excluding hydrogens is 482 g/mol. The Morgan fingerprint density at radius 3 is 2.24 bits per heavy atom. The van der Waals surface area contributed by atoms with E-state index in [0.717, 1.165) is 0 Å². The number of aromatic nitrogens is 1. The molecule has 3 rings (SSSR count). The topological polar surface area (TPSA) is 176 Å². The van der Waals surface area contributed by atoms with Crippen molar-refractivity contribution < 1.29 is 35.4 Å². The molecule has 1 amide bonds. The molecule has 11 heteroatoms. The molecule has 1 heterocycles. The number of amides is 1. The first-order valence-corrected chi connectivity index (χ1v) is 11.9. The number of nitrogens with one attached hydrogen (secondary N) is 1. The van der Waals surface area contributed by atoms with E-state index in [4.69, 9.17) is 5.11 Å². The number of benzene rings is 2. The zero-order chi connectivity index (χ0) is 27.4. The summed E-state index contributed by atoms with van der Waals surface area (Å²) in [4.78, 5) is 28.1. The van der Waals surface area contributed by atoms with Crippen LogP contribution >= 0.6 is 0 Å². The van der Waals surface area contributed by atoms with Gasteiger partial charge in [0.1, 0.15) is 35.7 Å². The normalized spacial score (nSPS) is 15.6. The highest BCUT2D eigenvalue weighted by Crippen LogP contribution is 2.34. The van der Waals surface area contributed by atoms with Crippen molar-refractivity contribution >= 4 is 28.2 Å².